The molecule has 2 atom stereocenters. The van der Waals surface area contributed by atoms with Crippen LogP contribution in [0.2, 0.25) is 0 Å². The predicted octanol–water partition coefficient (Wildman–Crippen LogP) is 2.61. The number of nitrogens with zero attached hydrogens (tertiary/aromatic N) is 2. The Morgan fingerprint density at radius 3 is 2.37 bits per heavy atom. The molecule has 1 N–H and O–H groups in total. The van der Waals surface area contributed by atoms with E-state index in [0.29, 0.717) is 11.2 Å². The number of pyridine rings is 1. The van der Waals surface area contributed by atoms with Gasteiger partial charge in [-0.2, -0.15) is 0 Å². The van der Waals surface area contributed by atoms with Gasteiger partial charge >= 0.3 is 0 Å². The average Bonchev–Trinajstić information content (AvgIpc) is 2.99. The van der Waals surface area contributed by atoms with Crippen LogP contribution in [-0.4, -0.2) is 49.9 Å². The molecule has 0 spiro atoms. The number of para-hydroxylation sites is 1. The molecule has 2 aromatic carbocycles. The summed E-state index contributed by atoms with van der Waals surface area (Å²) in [7, 11) is -1.19. The van der Waals surface area contributed by atoms with Gasteiger partial charge in [0.2, 0.25) is 5.91 Å². The summed E-state index contributed by atoms with van der Waals surface area (Å²) in [4.78, 5) is 44.3. The molecule has 152 valence electrons. The molecule has 0 bridgehead atoms. The lowest BCUT2D eigenvalue weighted by Gasteiger charge is -2.25. The van der Waals surface area contributed by atoms with Crippen molar-refractivity contribution in [3.8, 4) is 0 Å². The number of anilines is 1. The maximum atomic E-state index is 13.2. The van der Waals surface area contributed by atoms with Crippen LogP contribution >= 0.6 is 0 Å². The second-order valence-corrected chi connectivity index (χ2v) is 8.53. The normalized spacial score (nSPS) is 15.2. The lowest BCUT2D eigenvalue weighted by Crippen LogP contribution is -2.48. The first kappa shape index (κ1) is 19.9. The topological polar surface area (TPSA) is 96.4 Å². The maximum absolute atomic E-state index is 13.2. The maximum Gasteiger partial charge on any atom is 0.262 e. The molecule has 1 aromatic heterocycles. The predicted molar refractivity (Wildman–Crippen MR) is 115 cm³/mol. The molecule has 8 heteroatoms. The fourth-order valence-corrected chi connectivity index (χ4v) is 4.12. The number of imide groups is 1. The Balaban J connectivity index is 1.67. The van der Waals surface area contributed by atoms with Crippen molar-refractivity contribution in [2.45, 2.75) is 12.5 Å². The van der Waals surface area contributed by atoms with Crippen molar-refractivity contribution in [3.05, 3.63) is 71.9 Å². The number of rotatable bonds is 6. The zero-order valence-electron chi connectivity index (χ0n) is 16.2. The first-order valence-corrected chi connectivity index (χ1v) is 11.1. The second kappa shape index (κ2) is 8.16. The summed E-state index contributed by atoms with van der Waals surface area (Å²) in [6.45, 7) is 0. The number of carbonyl (C=O) groups excluding carboxylic acids is 3. The number of amides is 3. The number of carbonyl (C=O) groups is 3. The minimum atomic E-state index is -1.19. The van der Waals surface area contributed by atoms with E-state index in [9.17, 15) is 18.6 Å². The molecule has 0 fully saturated rings. The third-order valence-electron chi connectivity index (χ3n) is 5.01. The molecule has 3 amide bonds. The zero-order chi connectivity index (χ0) is 21.3. The Morgan fingerprint density at radius 1 is 1.03 bits per heavy atom. The SMILES string of the molecule is CS(=O)CC[C@@H](C(=O)Nc1cccc2cccnc12)N1C(=O)c2ccccc2C1=O. The molecule has 1 aliphatic rings. The third-order valence-corrected chi connectivity index (χ3v) is 5.82. The van der Waals surface area contributed by atoms with Gasteiger partial charge in [-0.25, -0.2) is 0 Å². The lowest BCUT2D eigenvalue weighted by molar-refractivity contribution is -0.120. The molecule has 2 heterocycles. The van der Waals surface area contributed by atoms with Gasteiger partial charge in [-0.15, -0.1) is 0 Å². The van der Waals surface area contributed by atoms with Gasteiger partial charge in [0, 0.05) is 34.4 Å². The Morgan fingerprint density at radius 2 is 1.70 bits per heavy atom. The summed E-state index contributed by atoms with van der Waals surface area (Å²) >= 11 is 0. The molecule has 30 heavy (non-hydrogen) atoms. The van der Waals surface area contributed by atoms with Crippen molar-refractivity contribution in [2.75, 3.05) is 17.3 Å². The lowest BCUT2D eigenvalue weighted by atomic mass is 10.1. The van der Waals surface area contributed by atoms with Crippen LogP contribution in [-0.2, 0) is 15.6 Å². The molecule has 0 aliphatic carbocycles. The molecule has 0 radical (unpaired) electrons. The number of fused-ring (bicyclic) bond motifs is 2. The van der Waals surface area contributed by atoms with E-state index in [1.54, 1.807) is 48.7 Å². The molecule has 3 aromatic rings. The first-order chi connectivity index (χ1) is 14.5. The average molecular weight is 421 g/mol. The van der Waals surface area contributed by atoms with Crippen LogP contribution in [0.5, 0.6) is 0 Å². The van der Waals surface area contributed by atoms with Crippen LogP contribution in [0.3, 0.4) is 0 Å². The summed E-state index contributed by atoms with van der Waals surface area (Å²) in [5, 5.41) is 3.66. The van der Waals surface area contributed by atoms with Crippen molar-refractivity contribution >= 4 is 45.1 Å². The van der Waals surface area contributed by atoms with Crippen LogP contribution in [0.1, 0.15) is 27.1 Å². The highest BCUT2D eigenvalue weighted by Crippen LogP contribution is 2.27. The summed E-state index contributed by atoms with van der Waals surface area (Å²) < 4.78 is 11.7. The quantitative estimate of drug-likeness (QED) is 0.617. The largest absolute Gasteiger partial charge is 0.322 e. The molecule has 7 nitrogen and oxygen atoms in total. The fourth-order valence-electron chi connectivity index (χ4n) is 3.57. The Hall–Kier alpha value is -3.39. The van der Waals surface area contributed by atoms with Crippen LogP contribution in [0.4, 0.5) is 5.69 Å². The Bertz CT molecular complexity index is 1150. The van der Waals surface area contributed by atoms with Gasteiger partial charge < -0.3 is 5.32 Å². The van der Waals surface area contributed by atoms with E-state index in [4.69, 9.17) is 0 Å². The van der Waals surface area contributed by atoms with Crippen LogP contribution in [0.15, 0.2) is 60.8 Å². The van der Waals surface area contributed by atoms with E-state index in [1.165, 1.54) is 6.26 Å². The van der Waals surface area contributed by atoms with E-state index >= 15 is 0 Å². The van der Waals surface area contributed by atoms with E-state index < -0.39 is 34.6 Å². The number of hydrogen-bond acceptors (Lipinski definition) is 5. The highest BCUT2D eigenvalue weighted by molar-refractivity contribution is 7.84. The summed E-state index contributed by atoms with van der Waals surface area (Å²) in [6, 6.07) is 14.4. The molecule has 1 aliphatic heterocycles. The summed E-state index contributed by atoms with van der Waals surface area (Å²) in [5.41, 5.74) is 1.63. The number of nitrogens with one attached hydrogen (secondary N) is 1. The highest BCUT2D eigenvalue weighted by Gasteiger charge is 2.42. The van der Waals surface area contributed by atoms with Gasteiger partial charge in [0.1, 0.15) is 6.04 Å². The van der Waals surface area contributed by atoms with Crippen molar-refractivity contribution in [3.63, 3.8) is 0 Å². The number of aromatic nitrogens is 1. The van der Waals surface area contributed by atoms with Gasteiger partial charge in [0.15, 0.2) is 0 Å². The minimum Gasteiger partial charge on any atom is -0.322 e. The van der Waals surface area contributed by atoms with E-state index in [2.05, 4.69) is 10.3 Å². The zero-order valence-corrected chi connectivity index (χ0v) is 17.0. The first-order valence-electron chi connectivity index (χ1n) is 9.39. The number of benzene rings is 2. The van der Waals surface area contributed by atoms with Crippen molar-refractivity contribution in [1.29, 1.82) is 0 Å². The Labute approximate surface area is 175 Å². The standard InChI is InChI=1S/C22H19N3O4S/c1-30(29)13-11-18(25-21(27)15-8-2-3-9-16(15)22(25)28)20(26)24-17-10-4-6-14-7-5-12-23-19(14)17/h2-10,12,18H,11,13H2,1H3,(H,24,26)/t18-,30?/m0/s1. The molecule has 4 rings (SSSR count). The monoisotopic (exact) mass is 421 g/mol. The minimum absolute atomic E-state index is 0.0958. The van der Waals surface area contributed by atoms with Crippen molar-refractivity contribution in [1.82, 2.24) is 9.88 Å². The molecular formula is C22H19N3O4S. The smallest absolute Gasteiger partial charge is 0.262 e. The van der Waals surface area contributed by atoms with Gasteiger partial charge in [0.25, 0.3) is 11.8 Å². The number of hydrogen-bond donors (Lipinski definition) is 1. The van der Waals surface area contributed by atoms with Crippen molar-refractivity contribution < 1.29 is 18.6 Å². The van der Waals surface area contributed by atoms with Gasteiger partial charge in [-0.1, -0.05) is 30.3 Å². The third kappa shape index (κ3) is 3.61. The van der Waals surface area contributed by atoms with E-state index in [1.807, 2.05) is 12.1 Å². The highest BCUT2D eigenvalue weighted by atomic mass is 32.2. The Kier molecular flexibility index (Phi) is 5.41. The molecular weight excluding hydrogens is 402 g/mol. The summed E-state index contributed by atoms with van der Waals surface area (Å²) in [6.07, 6.45) is 3.24. The second-order valence-electron chi connectivity index (χ2n) is 6.98. The van der Waals surface area contributed by atoms with Gasteiger partial charge in [-0.3, -0.25) is 28.5 Å². The summed E-state index contributed by atoms with van der Waals surface area (Å²) in [5.74, 6) is -1.38. The molecule has 0 saturated heterocycles. The van der Waals surface area contributed by atoms with Crippen LogP contribution < -0.4 is 5.32 Å². The van der Waals surface area contributed by atoms with Crippen LogP contribution in [0.25, 0.3) is 10.9 Å². The molecule has 0 saturated carbocycles. The van der Waals surface area contributed by atoms with Crippen LogP contribution in [0, 0.1) is 0 Å². The van der Waals surface area contributed by atoms with E-state index in [0.717, 1.165) is 10.3 Å². The fraction of sp³-hybridized carbons (Fsp3) is 0.182. The van der Waals surface area contributed by atoms with Gasteiger partial charge in [-0.05, 0) is 30.7 Å². The van der Waals surface area contributed by atoms with Gasteiger partial charge in [0.05, 0.1) is 22.3 Å². The van der Waals surface area contributed by atoms with Crippen molar-refractivity contribution in [2.24, 2.45) is 0 Å². The van der Waals surface area contributed by atoms with E-state index in [-0.39, 0.29) is 23.3 Å². The molecule has 1 unspecified atom stereocenters.